The molecule has 1 saturated carbocycles. The standard InChI is InChI=1S/C17H23NO4/c1-12-5-2-3-8-15(12)22-10-9-18-16(19)13-6-4-7-14(11-13)17(20)21/h2-3,5,8,13-14H,4,6-7,9-11H2,1H3,(H,18,19)(H,20,21). The van der Waals surface area contributed by atoms with E-state index in [9.17, 15) is 9.59 Å². The molecule has 2 unspecified atom stereocenters. The van der Waals surface area contributed by atoms with Crippen LogP contribution in [0.25, 0.3) is 0 Å². The second kappa shape index (κ2) is 7.82. The van der Waals surface area contributed by atoms with Crippen LogP contribution in [0.3, 0.4) is 0 Å². The molecule has 0 spiro atoms. The van der Waals surface area contributed by atoms with Crippen molar-refractivity contribution < 1.29 is 19.4 Å². The van der Waals surface area contributed by atoms with E-state index in [0.717, 1.165) is 24.2 Å². The maximum absolute atomic E-state index is 12.1. The van der Waals surface area contributed by atoms with Gasteiger partial charge < -0.3 is 15.2 Å². The molecule has 1 aromatic rings. The van der Waals surface area contributed by atoms with Gasteiger partial charge in [0.05, 0.1) is 12.5 Å². The number of carboxylic acids is 1. The van der Waals surface area contributed by atoms with Crippen LogP contribution in [0.5, 0.6) is 5.75 Å². The lowest BCUT2D eigenvalue weighted by Gasteiger charge is -2.25. The molecule has 0 aliphatic heterocycles. The molecule has 2 atom stereocenters. The lowest BCUT2D eigenvalue weighted by atomic mass is 9.81. The molecule has 1 aliphatic carbocycles. The zero-order chi connectivity index (χ0) is 15.9. The second-order valence-electron chi connectivity index (χ2n) is 5.80. The van der Waals surface area contributed by atoms with Crippen LogP contribution in [-0.2, 0) is 9.59 Å². The Morgan fingerprint density at radius 2 is 2.00 bits per heavy atom. The smallest absolute Gasteiger partial charge is 0.306 e. The molecule has 5 heteroatoms. The van der Waals surface area contributed by atoms with Crippen LogP contribution in [-0.4, -0.2) is 30.1 Å². The molecule has 0 saturated heterocycles. The number of ether oxygens (including phenoxy) is 1. The van der Waals surface area contributed by atoms with Crippen molar-refractivity contribution in [1.82, 2.24) is 5.32 Å². The predicted octanol–water partition coefficient (Wildman–Crippen LogP) is 2.38. The van der Waals surface area contributed by atoms with E-state index in [1.807, 2.05) is 31.2 Å². The van der Waals surface area contributed by atoms with E-state index in [1.54, 1.807) is 0 Å². The first kappa shape index (κ1) is 16.3. The molecule has 0 aromatic heterocycles. The molecule has 0 heterocycles. The minimum atomic E-state index is -0.791. The minimum absolute atomic E-state index is 0.0562. The summed E-state index contributed by atoms with van der Waals surface area (Å²) in [4.78, 5) is 23.1. The van der Waals surface area contributed by atoms with Crippen LogP contribution in [0.15, 0.2) is 24.3 Å². The molecule has 0 bridgehead atoms. The monoisotopic (exact) mass is 305 g/mol. The Labute approximate surface area is 130 Å². The van der Waals surface area contributed by atoms with Crippen LogP contribution >= 0.6 is 0 Å². The molecule has 120 valence electrons. The van der Waals surface area contributed by atoms with Gasteiger partial charge in [-0.05, 0) is 37.8 Å². The molecule has 1 amide bonds. The lowest BCUT2D eigenvalue weighted by molar-refractivity contribution is -0.144. The van der Waals surface area contributed by atoms with Gasteiger partial charge in [0.2, 0.25) is 5.91 Å². The van der Waals surface area contributed by atoms with Gasteiger partial charge in [-0.3, -0.25) is 9.59 Å². The fourth-order valence-corrected chi connectivity index (χ4v) is 2.85. The number of hydrogen-bond donors (Lipinski definition) is 2. The van der Waals surface area contributed by atoms with Crippen LogP contribution in [0.2, 0.25) is 0 Å². The molecule has 22 heavy (non-hydrogen) atoms. The molecular weight excluding hydrogens is 282 g/mol. The average molecular weight is 305 g/mol. The van der Waals surface area contributed by atoms with Crippen molar-refractivity contribution in [2.24, 2.45) is 11.8 Å². The Morgan fingerprint density at radius 1 is 1.27 bits per heavy atom. The highest BCUT2D eigenvalue weighted by Gasteiger charge is 2.30. The van der Waals surface area contributed by atoms with Crippen molar-refractivity contribution in [2.45, 2.75) is 32.6 Å². The van der Waals surface area contributed by atoms with E-state index < -0.39 is 5.97 Å². The van der Waals surface area contributed by atoms with Crippen molar-refractivity contribution in [3.8, 4) is 5.75 Å². The van der Waals surface area contributed by atoms with Crippen LogP contribution < -0.4 is 10.1 Å². The number of hydrogen-bond acceptors (Lipinski definition) is 3. The molecule has 0 radical (unpaired) electrons. The maximum Gasteiger partial charge on any atom is 0.306 e. The first-order chi connectivity index (χ1) is 10.6. The summed E-state index contributed by atoms with van der Waals surface area (Å²) >= 11 is 0. The number of aryl methyl sites for hydroxylation is 1. The molecule has 1 fully saturated rings. The highest BCUT2D eigenvalue weighted by atomic mass is 16.5. The third-order valence-corrected chi connectivity index (χ3v) is 4.15. The summed E-state index contributed by atoms with van der Waals surface area (Å²) in [5.41, 5.74) is 1.06. The number of para-hydroxylation sites is 1. The van der Waals surface area contributed by atoms with Gasteiger partial charge in [0.1, 0.15) is 12.4 Å². The van der Waals surface area contributed by atoms with Crippen molar-refractivity contribution >= 4 is 11.9 Å². The third-order valence-electron chi connectivity index (χ3n) is 4.15. The largest absolute Gasteiger partial charge is 0.491 e. The summed E-state index contributed by atoms with van der Waals surface area (Å²) in [6.45, 7) is 2.81. The van der Waals surface area contributed by atoms with E-state index in [4.69, 9.17) is 9.84 Å². The number of carbonyl (C=O) groups excluding carboxylic acids is 1. The SMILES string of the molecule is Cc1ccccc1OCCNC(=O)C1CCCC(C(=O)O)C1. The highest BCUT2D eigenvalue weighted by molar-refractivity contribution is 5.80. The zero-order valence-electron chi connectivity index (χ0n) is 12.9. The maximum atomic E-state index is 12.1. The quantitative estimate of drug-likeness (QED) is 0.791. The number of aliphatic carboxylic acids is 1. The van der Waals surface area contributed by atoms with Gasteiger partial charge in [0.15, 0.2) is 0 Å². The van der Waals surface area contributed by atoms with Gasteiger partial charge in [-0.25, -0.2) is 0 Å². The van der Waals surface area contributed by atoms with Gasteiger partial charge in [-0.15, -0.1) is 0 Å². The molecule has 1 aromatic carbocycles. The molecule has 2 N–H and O–H groups in total. The van der Waals surface area contributed by atoms with Crippen LogP contribution in [0.4, 0.5) is 0 Å². The first-order valence-electron chi connectivity index (χ1n) is 7.77. The van der Waals surface area contributed by atoms with Gasteiger partial charge in [0.25, 0.3) is 0 Å². The lowest BCUT2D eigenvalue weighted by Crippen LogP contribution is -2.37. The van der Waals surface area contributed by atoms with Crippen molar-refractivity contribution in [3.63, 3.8) is 0 Å². The van der Waals surface area contributed by atoms with Crippen molar-refractivity contribution in [1.29, 1.82) is 0 Å². The van der Waals surface area contributed by atoms with E-state index in [2.05, 4.69) is 5.32 Å². The Kier molecular flexibility index (Phi) is 5.81. The summed E-state index contributed by atoms with van der Waals surface area (Å²) in [6, 6.07) is 7.73. The summed E-state index contributed by atoms with van der Waals surface area (Å²) in [7, 11) is 0. The number of rotatable bonds is 6. The molecule has 5 nitrogen and oxygen atoms in total. The van der Waals surface area contributed by atoms with E-state index in [0.29, 0.717) is 26.0 Å². The topological polar surface area (TPSA) is 75.6 Å². The van der Waals surface area contributed by atoms with Gasteiger partial charge in [-0.2, -0.15) is 0 Å². The minimum Gasteiger partial charge on any atom is -0.491 e. The number of amides is 1. The molecule has 1 aliphatic rings. The zero-order valence-corrected chi connectivity index (χ0v) is 12.9. The Hall–Kier alpha value is -2.04. The van der Waals surface area contributed by atoms with Crippen molar-refractivity contribution in [3.05, 3.63) is 29.8 Å². The summed E-state index contributed by atoms with van der Waals surface area (Å²) < 4.78 is 5.63. The van der Waals surface area contributed by atoms with Crippen LogP contribution in [0, 0.1) is 18.8 Å². The summed E-state index contributed by atoms with van der Waals surface area (Å²) in [5.74, 6) is -0.596. The van der Waals surface area contributed by atoms with Gasteiger partial charge in [-0.1, -0.05) is 24.6 Å². The van der Waals surface area contributed by atoms with E-state index in [-0.39, 0.29) is 17.7 Å². The molecule has 2 rings (SSSR count). The second-order valence-corrected chi connectivity index (χ2v) is 5.80. The number of carboxylic acid groups (broad SMARTS) is 1. The third kappa shape index (κ3) is 4.48. The van der Waals surface area contributed by atoms with Gasteiger partial charge >= 0.3 is 5.97 Å². The average Bonchev–Trinajstić information content (AvgIpc) is 2.53. The van der Waals surface area contributed by atoms with Gasteiger partial charge in [0, 0.05) is 5.92 Å². The van der Waals surface area contributed by atoms with Crippen molar-refractivity contribution in [2.75, 3.05) is 13.2 Å². The number of carbonyl (C=O) groups is 2. The fourth-order valence-electron chi connectivity index (χ4n) is 2.85. The highest BCUT2D eigenvalue weighted by Crippen LogP contribution is 2.29. The number of nitrogens with one attached hydrogen (secondary N) is 1. The Balaban J connectivity index is 1.71. The normalized spacial score (nSPS) is 21.1. The first-order valence-corrected chi connectivity index (χ1v) is 7.77. The summed E-state index contributed by atoms with van der Waals surface area (Å²) in [6.07, 6.45) is 2.69. The fraction of sp³-hybridized carbons (Fsp3) is 0.529. The van der Waals surface area contributed by atoms with E-state index >= 15 is 0 Å². The van der Waals surface area contributed by atoms with Crippen LogP contribution in [0.1, 0.15) is 31.2 Å². The summed E-state index contributed by atoms with van der Waals surface area (Å²) in [5, 5.41) is 11.9. The number of benzene rings is 1. The molecular formula is C17H23NO4. The predicted molar refractivity (Wildman–Crippen MR) is 82.8 cm³/mol. The Morgan fingerprint density at radius 3 is 2.73 bits per heavy atom. The Bertz CT molecular complexity index is 529. The van der Waals surface area contributed by atoms with E-state index in [1.165, 1.54) is 0 Å².